The number of halogens is 1. The molecule has 0 unspecified atom stereocenters. The van der Waals surface area contributed by atoms with E-state index in [0.29, 0.717) is 5.56 Å². The second kappa shape index (κ2) is 4.86. The molecule has 1 aliphatic rings. The number of carbonyl (C=O) groups is 1. The molecular formula is C11H14FNOS. The van der Waals surface area contributed by atoms with E-state index in [2.05, 4.69) is 5.32 Å². The van der Waals surface area contributed by atoms with E-state index in [-0.39, 0.29) is 23.3 Å². The molecule has 1 aromatic rings. The van der Waals surface area contributed by atoms with Crippen molar-refractivity contribution in [2.24, 2.45) is 5.92 Å². The summed E-state index contributed by atoms with van der Waals surface area (Å²) in [5, 5.41) is 4.70. The number of hydrogen-bond donors (Lipinski definition) is 1. The molecule has 82 valence electrons. The van der Waals surface area contributed by atoms with Gasteiger partial charge in [-0.05, 0) is 37.4 Å². The normalized spacial score (nSPS) is 17.9. The van der Waals surface area contributed by atoms with Crippen LogP contribution in [0, 0.1) is 11.0 Å². The van der Waals surface area contributed by atoms with Gasteiger partial charge in [0, 0.05) is 17.9 Å². The lowest BCUT2D eigenvalue weighted by atomic mass is 9.90. The molecule has 1 saturated heterocycles. The summed E-state index contributed by atoms with van der Waals surface area (Å²) in [5.74, 6) is 0.319. The fraction of sp³-hybridized carbons (Fsp3) is 0.545. The molecule has 0 radical (unpaired) electrons. The Morgan fingerprint density at radius 2 is 2.27 bits per heavy atom. The van der Waals surface area contributed by atoms with Gasteiger partial charge >= 0.3 is 0 Å². The third-order valence-electron chi connectivity index (χ3n) is 2.85. The Hall–Kier alpha value is -0.740. The minimum absolute atomic E-state index is 0.130. The second-order valence-corrected chi connectivity index (χ2v) is 4.75. The van der Waals surface area contributed by atoms with Crippen LogP contribution in [0.1, 0.15) is 18.4 Å². The van der Waals surface area contributed by atoms with Crippen molar-refractivity contribution >= 4 is 17.1 Å². The van der Waals surface area contributed by atoms with Crippen molar-refractivity contribution in [1.82, 2.24) is 5.32 Å². The monoisotopic (exact) mass is 227 g/mol. The molecule has 1 N–H and O–H groups in total. The molecule has 0 amide bonds. The van der Waals surface area contributed by atoms with Crippen LogP contribution >= 0.6 is 11.3 Å². The zero-order valence-corrected chi connectivity index (χ0v) is 9.28. The minimum atomic E-state index is -0.211. The van der Waals surface area contributed by atoms with Crippen molar-refractivity contribution < 1.29 is 9.18 Å². The SMILES string of the molecule is O=C(Cc1ccsc1F)C1CCNCC1. The fourth-order valence-electron chi connectivity index (χ4n) is 1.92. The second-order valence-electron chi connectivity index (χ2n) is 3.89. The van der Waals surface area contributed by atoms with Crippen LogP contribution in [0.25, 0.3) is 0 Å². The molecule has 1 aromatic heterocycles. The molecule has 1 fully saturated rings. The summed E-state index contributed by atoms with van der Waals surface area (Å²) < 4.78 is 13.1. The molecule has 0 atom stereocenters. The van der Waals surface area contributed by atoms with Crippen molar-refractivity contribution in [2.75, 3.05) is 13.1 Å². The van der Waals surface area contributed by atoms with Gasteiger partial charge in [0.2, 0.25) is 0 Å². The van der Waals surface area contributed by atoms with E-state index in [1.165, 1.54) is 0 Å². The Kier molecular flexibility index (Phi) is 3.49. The highest BCUT2D eigenvalue weighted by molar-refractivity contribution is 7.08. The molecule has 0 bridgehead atoms. The van der Waals surface area contributed by atoms with Gasteiger partial charge in [0.25, 0.3) is 0 Å². The largest absolute Gasteiger partial charge is 0.317 e. The van der Waals surface area contributed by atoms with E-state index in [1.807, 2.05) is 0 Å². The van der Waals surface area contributed by atoms with Crippen molar-refractivity contribution in [1.29, 1.82) is 0 Å². The number of thiophene rings is 1. The lowest BCUT2D eigenvalue weighted by Gasteiger charge is -2.21. The van der Waals surface area contributed by atoms with E-state index in [1.54, 1.807) is 11.4 Å². The van der Waals surface area contributed by atoms with Crippen LogP contribution in [0.2, 0.25) is 0 Å². The average molecular weight is 227 g/mol. The van der Waals surface area contributed by atoms with Crippen LogP contribution in [0.4, 0.5) is 4.39 Å². The van der Waals surface area contributed by atoms with Crippen LogP contribution in [0.3, 0.4) is 0 Å². The maximum atomic E-state index is 13.1. The maximum absolute atomic E-state index is 13.1. The molecule has 0 aromatic carbocycles. The standard InChI is InChI=1S/C11H14FNOS/c12-11-9(3-6-15-11)7-10(14)8-1-4-13-5-2-8/h3,6,8,13H,1-2,4-5,7H2. The Morgan fingerprint density at radius 1 is 1.53 bits per heavy atom. The molecular weight excluding hydrogens is 213 g/mol. The lowest BCUT2D eigenvalue weighted by Crippen LogP contribution is -2.32. The topological polar surface area (TPSA) is 29.1 Å². The first-order chi connectivity index (χ1) is 7.27. The Bertz CT molecular complexity index is 344. The van der Waals surface area contributed by atoms with E-state index >= 15 is 0 Å². The van der Waals surface area contributed by atoms with Crippen LogP contribution in [0.5, 0.6) is 0 Å². The van der Waals surface area contributed by atoms with Gasteiger partial charge in [0.15, 0.2) is 5.13 Å². The number of rotatable bonds is 3. The lowest BCUT2D eigenvalue weighted by molar-refractivity contribution is -0.122. The summed E-state index contributed by atoms with van der Waals surface area (Å²) >= 11 is 1.06. The predicted octanol–water partition coefficient (Wildman–Crippen LogP) is 2.00. The van der Waals surface area contributed by atoms with Crippen molar-refractivity contribution in [3.05, 3.63) is 22.1 Å². The van der Waals surface area contributed by atoms with Gasteiger partial charge < -0.3 is 5.32 Å². The highest BCUT2D eigenvalue weighted by Gasteiger charge is 2.21. The third kappa shape index (κ3) is 2.63. The number of ketones is 1. The predicted molar refractivity (Wildman–Crippen MR) is 58.6 cm³/mol. The molecule has 4 heteroatoms. The van der Waals surface area contributed by atoms with E-state index < -0.39 is 0 Å². The zero-order valence-electron chi connectivity index (χ0n) is 8.46. The van der Waals surface area contributed by atoms with E-state index in [0.717, 1.165) is 37.3 Å². The fourth-order valence-corrected chi connectivity index (χ4v) is 2.56. The first-order valence-electron chi connectivity index (χ1n) is 5.22. The minimum Gasteiger partial charge on any atom is -0.317 e. The summed E-state index contributed by atoms with van der Waals surface area (Å²) in [4.78, 5) is 11.8. The summed E-state index contributed by atoms with van der Waals surface area (Å²) in [6.45, 7) is 1.81. The van der Waals surface area contributed by atoms with Crippen molar-refractivity contribution in [3.8, 4) is 0 Å². The van der Waals surface area contributed by atoms with Crippen molar-refractivity contribution in [3.63, 3.8) is 0 Å². The highest BCUT2D eigenvalue weighted by atomic mass is 32.1. The maximum Gasteiger partial charge on any atom is 0.180 e. The Balaban J connectivity index is 1.94. The Labute approximate surface area is 92.5 Å². The zero-order chi connectivity index (χ0) is 10.7. The number of carbonyl (C=O) groups excluding carboxylic acids is 1. The van der Waals surface area contributed by atoms with Crippen molar-refractivity contribution in [2.45, 2.75) is 19.3 Å². The summed E-state index contributed by atoms with van der Waals surface area (Å²) in [6, 6.07) is 1.71. The van der Waals surface area contributed by atoms with Gasteiger partial charge in [-0.2, -0.15) is 4.39 Å². The smallest absolute Gasteiger partial charge is 0.180 e. The van der Waals surface area contributed by atoms with Gasteiger partial charge in [-0.3, -0.25) is 4.79 Å². The van der Waals surface area contributed by atoms with Gasteiger partial charge in [0.1, 0.15) is 5.78 Å². The molecule has 0 aliphatic carbocycles. The van der Waals surface area contributed by atoms with Crippen LogP contribution in [-0.4, -0.2) is 18.9 Å². The molecule has 0 saturated carbocycles. The molecule has 2 rings (SSSR count). The summed E-state index contributed by atoms with van der Waals surface area (Å²) in [6.07, 6.45) is 2.05. The van der Waals surface area contributed by atoms with Crippen LogP contribution < -0.4 is 5.32 Å². The van der Waals surface area contributed by atoms with E-state index in [4.69, 9.17) is 0 Å². The molecule has 2 nitrogen and oxygen atoms in total. The molecule has 2 heterocycles. The van der Waals surface area contributed by atoms with Crippen LogP contribution in [-0.2, 0) is 11.2 Å². The highest BCUT2D eigenvalue weighted by Crippen LogP contribution is 2.19. The van der Waals surface area contributed by atoms with Gasteiger partial charge in [-0.1, -0.05) is 0 Å². The number of Topliss-reactive ketones (excluding diaryl/α,β-unsaturated/α-hetero) is 1. The third-order valence-corrected chi connectivity index (χ3v) is 3.59. The van der Waals surface area contributed by atoms with E-state index in [9.17, 15) is 9.18 Å². The molecule has 1 aliphatic heterocycles. The van der Waals surface area contributed by atoms with Gasteiger partial charge in [-0.25, -0.2) is 0 Å². The first kappa shape index (κ1) is 10.8. The first-order valence-corrected chi connectivity index (χ1v) is 6.10. The summed E-state index contributed by atoms with van der Waals surface area (Å²) in [7, 11) is 0. The molecule has 15 heavy (non-hydrogen) atoms. The number of nitrogens with one attached hydrogen (secondary N) is 1. The average Bonchev–Trinajstić information content (AvgIpc) is 2.66. The summed E-state index contributed by atoms with van der Waals surface area (Å²) in [5.41, 5.74) is 0.559. The van der Waals surface area contributed by atoms with Crippen LogP contribution in [0.15, 0.2) is 11.4 Å². The van der Waals surface area contributed by atoms with Gasteiger partial charge in [0.05, 0.1) is 0 Å². The quantitative estimate of drug-likeness (QED) is 0.855. The van der Waals surface area contributed by atoms with Gasteiger partial charge in [-0.15, -0.1) is 11.3 Å². The Morgan fingerprint density at radius 3 is 2.87 bits per heavy atom. The number of hydrogen-bond acceptors (Lipinski definition) is 3. The number of piperidine rings is 1. The molecule has 0 spiro atoms.